The number of benzene rings is 1. The van der Waals surface area contributed by atoms with Crippen molar-refractivity contribution < 1.29 is 8.78 Å². The lowest BCUT2D eigenvalue weighted by molar-refractivity contribution is 0.571. The molecule has 3 aromatic rings. The van der Waals surface area contributed by atoms with Gasteiger partial charge in [-0.3, -0.25) is 9.59 Å². The summed E-state index contributed by atoms with van der Waals surface area (Å²) < 4.78 is 26.6. The quantitative estimate of drug-likeness (QED) is 0.752. The van der Waals surface area contributed by atoms with Crippen molar-refractivity contribution in [1.29, 1.82) is 0 Å². The van der Waals surface area contributed by atoms with Crippen LogP contribution in [0.5, 0.6) is 0 Å². The number of aromatic amines is 2. The number of nitrogens with one attached hydrogen (secondary N) is 2. The van der Waals surface area contributed by atoms with Gasteiger partial charge in [0.05, 0.1) is 11.1 Å². The number of hydrogen-bond donors (Lipinski definition) is 2. The molecule has 0 spiro atoms. The first-order valence-electron chi connectivity index (χ1n) is 8.21. The smallest absolute Gasteiger partial charge is 0.190 e. The summed E-state index contributed by atoms with van der Waals surface area (Å²) >= 11 is 0. The largest absolute Gasteiger partial charge is 0.364 e. The molecule has 1 aromatic carbocycles. The van der Waals surface area contributed by atoms with Gasteiger partial charge in [-0.15, -0.1) is 0 Å². The molecule has 0 aliphatic heterocycles. The molecule has 0 radical (unpaired) electrons. The molecule has 4 nitrogen and oxygen atoms in total. The molecule has 0 fully saturated rings. The molecule has 2 N–H and O–H groups in total. The fraction of sp³-hybridized carbons (Fsp3) is 0.200. The van der Waals surface area contributed by atoms with Crippen LogP contribution in [0.1, 0.15) is 22.6 Å². The minimum atomic E-state index is -0.623. The van der Waals surface area contributed by atoms with Gasteiger partial charge in [-0.2, -0.15) is 0 Å². The first-order chi connectivity index (χ1) is 12.3. The van der Waals surface area contributed by atoms with E-state index >= 15 is 0 Å². The van der Waals surface area contributed by atoms with E-state index in [2.05, 4.69) is 9.97 Å². The summed E-state index contributed by atoms with van der Waals surface area (Å²) in [5.74, 6) is -1.23. The summed E-state index contributed by atoms with van der Waals surface area (Å²) in [4.78, 5) is 30.7. The molecule has 6 heteroatoms. The van der Waals surface area contributed by atoms with Crippen LogP contribution in [0.4, 0.5) is 8.78 Å². The van der Waals surface area contributed by atoms with Crippen LogP contribution < -0.4 is 10.9 Å². The van der Waals surface area contributed by atoms with E-state index in [4.69, 9.17) is 0 Å². The van der Waals surface area contributed by atoms with Crippen molar-refractivity contribution >= 4 is 0 Å². The highest BCUT2D eigenvalue weighted by molar-refractivity contribution is 5.64. The molecule has 0 bridgehead atoms. The fourth-order valence-corrected chi connectivity index (χ4v) is 3.03. The number of pyridine rings is 2. The number of aryl methyl sites for hydroxylation is 4. The zero-order valence-corrected chi connectivity index (χ0v) is 14.5. The molecular weight excluding hydrogens is 338 g/mol. The third-order valence-electron chi connectivity index (χ3n) is 4.27. The van der Waals surface area contributed by atoms with E-state index in [1.807, 2.05) is 0 Å². The van der Waals surface area contributed by atoms with Crippen LogP contribution in [0.2, 0.25) is 0 Å². The van der Waals surface area contributed by atoms with E-state index in [1.54, 1.807) is 13.8 Å². The predicted molar refractivity (Wildman–Crippen MR) is 96.4 cm³/mol. The highest BCUT2D eigenvalue weighted by atomic mass is 19.1. The second kappa shape index (κ2) is 7.07. The number of H-pyrrole nitrogens is 2. The second-order valence-electron chi connectivity index (χ2n) is 6.29. The van der Waals surface area contributed by atoms with E-state index < -0.39 is 11.6 Å². The Morgan fingerprint density at radius 1 is 0.962 bits per heavy atom. The van der Waals surface area contributed by atoms with Gasteiger partial charge in [-0.1, -0.05) is 6.07 Å². The first kappa shape index (κ1) is 17.8. The van der Waals surface area contributed by atoms with Crippen LogP contribution in [0, 0.1) is 25.5 Å². The van der Waals surface area contributed by atoms with Gasteiger partial charge in [0.1, 0.15) is 11.6 Å². The number of halogens is 2. The Kier molecular flexibility index (Phi) is 4.84. The Balaban J connectivity index is 1.87. The van der Waals surface area contributed by atoms with Crippen molar-refractivity contribution in [2.45, 2.75) is 26.7 Å². The average molecular weight is 356 g/mol. The van der Waals surface area contributed by atoms with E-state index in [0.29, 0.717) is 40.9 Å². The van der Waals surface area contributed by atoms with Crippen molar-refractivity contribution in [2.24, 2.45) is 0 Å². The van der Waals surface area contributed by atoms with Crippen molar-refractivity contribution in [3.05, 3.63) is 91.3 Å². The number of hydrogen-bond acceptors (Lipinski definition) is 2. The molecule has 2 aromatic heterocycles. The summed E-state index contributed by atoms with van der Waals surface area (Å²) in [6.45, 7) is 3.52. The Bertz CT molecular complexity index is 1080. The van der Waals surface area contributed by atoms with Crippen molar-refractivity contribution in [2.75, 3.05) is 0 Å². The molecule has 0 unspecified atom stereocenters. The van der Waals surface area contributed by atoms with Gasteiger partial charge >= 0.3 is 0 Å². The molecule has 0 saturated carbocycles. The van der Waals surface area contributed by atoms with Gasteiger partial charge in [0, 0.05) is 41.5 Å². The minimum Gasteiger partial charge on any atom is -0.364 e. The number of aromatic nitrogens is 2. The van der Waals surface area contributed by atoms with E-state index in [0.717, 1.165) is 11.8 Å². The fourth-order valence-electron chi connectivity index (χ4n) is 3.03. The maximum Gasteiger partial charge on any atom is 0.190 e. The standard InChI is InChI=1S/C20H18F2N2O2/c1-11-7-19(26)20(12(2)24-11)16-10-23-15(9-18(16)25)6-4-13-3-5-14(21)8-17(13)22/h3,5,7-10H,4,6H2,1-2H3,(H,23,25)(H,24,26). The van der Waals surface area contributed by atoms with Crippen LogP contribution >= 0.6 is 0 Å². The molecule has 0 saturated heterocycles. The van der Waals surface area contributed by atoms with Crippen molar-refractivity contribution in [1.82, 2.24) is 9.97 Å². The van der Waals surface area contributed by atoms with Crippen molar-refractivity contribution in [3.8, 4) is 11.1 Å². The Hall–Kier alpha value is -3.02. The van der Waals surface area contributed by atoms with E-state index in [9.17, 15) is 18.4 Å². The van der Waals surface area contributed by atoms with Crippen molar-refractivity contribution in [3.63, 3.8) is 0 Å². The highest BCUT2D eigenvalue weighted by Crippen LogP contribution is 2.16. The van der Waals surface area contributed by atoms with Gasteiger partial charge in [0.15, 0.2) is 10.9 Å². The highest BCUT2D eigenvalue weighted by Gasteiger charge is 2.12. The summed E-state index contributed by atoms with van der Waals surface area (Å²) in [7, 11) is 0. The molecule has 0 aliphatic rings. The van der Waals surface area contributed by atoms with Gasteiger partial charge in [0.2, 0.25) is 0 Å². The van der Waals surface area contributed by atoms with Crippen LogP contribution in [0.15, 0.2) is 46.1 Å². The van der Waals surface area contributed by atoms with Gasteiger partial charge in [0.25, 0.3) is 0 Å². The molecular formula is C20H18F2N2O2. The molecule has 26 heavy (non-hydrogen) atoms. The average Bonchev–Trinajstić information content (AvgIpc) is 2.55. The summed E-state index contributed by atoms with van der Waals surface area (Å²) in [5, 5.41) is 0. The van der Waals surface area contributed by atoms with Crippen LogP contribution in [0.25, 0.3) is 11.1 Å². The third-order valence-corrected chi connectivity index (χ3v) is 4.27. The van der Waals surface area contributed by atoms with E-state index in [-0.39, 0.29) is 10.9 Å². The van der Waals surface area contributed by atoms with Crippen LogP contribution in [-0.2, 0) is 12.8 Å². The SMILES string of the molecule is Cc1cc(=O)c(-c2c[nH]c(CCc3ccc(F)cc3F)cc2=O)c(C)[nH]1. The molecule has 134 valence electrons. The first-order valence-corrected chi connectivity index (χ1v) is 8.21. The summed E-state index contributed by atoms with van der Waals surface area (Å²) in [6.07, 6.45) is 2.22. The maximum atomic E-state index is 13.7. The molecule has 2 heterocycles. The monoisotopic (exact) mass is 356 g/mol. The topological polar surface area (TPSA) is 65.7 Å². The third kappa shape index (κ3) is 3.64. The normalized spacial score (nSPS) is 10.9. The Morgan fingerprint density at radius 2 is 1.73 bits per heavy atom. The van der Waals surface area contributed by atoms with Gasteiger partial charge in [-0.25, -0.2) is 8.78 Å². The predicted octanol–water partition coefficient (Wildman–Crippen LogP) is 3.41. The summed E-state index contributed by atoms with van der Waals surface area (Å²) in [5.41, 5.74) is 2.48. The maximum absolute atomic E-state index is 13.7. The Morgan fingerprint density at radius 3 is 2.38 bits per heavy atom. The lowest BCUT2D eigenvalue weighted by atomic mass is 10.0. The van der Waals surface area contributed by atoms with Gasteiger partial charge in [-0.05, 0) is 38.3 Å². The molecule has 0 aliphatic carbocycles. The zero-order valence-electron chi connectivity index (χ0n) is 14.5. The van der Waals surface area contributed by atoms with Gasteiger partial charge < -0.3 is 9.97 Å². The Labute approximate surface area is 148 Å². The second-order valence-corrected chi connectivity index (χ2v) is 6.29. The van der Waals surface area contributed by atoms with Crippen LogP contribution in [-0.4, -0.2) is 9.97 Å². The zero-order chi connectivity index (χ0) is 18.8. The minimum absolute atomic E-state index is 0.217. The molecule has 0 amide bonds. The molecule has 3 rings (SSSR count). The van der Waals surface area contributed by atoms with E-state index in [1.165, 1.54) is 30.5 Å². The lowest BCUT2D eigenvalue weighted by Crippen LogP contribution is -2.16. The summed E-state index contributed by atoms with van der Waals surface area (Å²) in [6, 6.07) is 6.30. The molecule has 0 atom stereocenters. The number of rotatable bonds is 4. The van der Waals surface area contributed by atoms with Crippen LogP contribution in [0.3, 0.4) is 0 Å². The lowest BCUT2D eigenvalue weighted by Gasteiger charge is -2.08.